The van der Waals surface area contributed by atoms with E-state index in [0.29, 0.717) is 13.0 Å². The number of amides is 2. The van der Waals surface area contributed by atoms with Crippen molar-refractivity contribution in [1.29, 1.82) is 0 Å². The first kappa shape index (κ1) is 17.0. The van der Waals surface area contributed by atoms with Crippen LogP contribution in [0, 0.1) is 12.8 Å². The molecule has 2 fully saturated rings. The molecule has 7 heteroatoms. The Morgan fingerprint density at radius 2 is 1.92 bits per heavy atom. The predicted octanol–water partition coefficient (Wildman–Crippen LogP) is 0.993. The number of hydrogen-bond donors (Lipinski definition) is 0. The van der Waals surface area contributed by atoms with E-state index in [1.807, 2.05) is 31.2 Å². The van der Waals surface area contributed by atoms with Crippen molar-refractivity contribution in [3.63, 3.8) is 0 Å². The highest BCUT2D eigenvalue weighted by Gasteiger charge is 2.40. The highest BCUT2D eigenvalue weighted by molar-refractivity contribution is 7.91. The summed E-state index contributed by atoms with van der Waals surface area (Å²) in [5, 5.41) is 0. The van der Waals surface area contributed by atoms with Gasteiger partial charge in [0.1, 0.15) is 0 Å². The Balaban J connectivity index is 1.69. The van der Waals surface area contributed by atoms with Crippen LogP contribution in [0.25, 0.3) is 0 Å². The Hall–Kier alpha value is -1.89. The molecule has 1 aromatic carbocycles. The highest BCUT2D eigenvalue weighted by Crippen LogP contribution is 2.28. The van der Waals surface area contributed by atoms with Crippen LogP contribution in [0.4, 0.5) is 5.69 Å². The molecule has 0 saturated carbocycles. The summed E-state index contributed by atoms with van der Waals surface area (Å²) < 4.78 is 23.2. The largest absolute Gasteiger partial charge is 0.341 e. The maximum atomic E-state index is 12.7. The van der Waals surface area contributed by atoms with Gasteiger partial charge >= 0.3 is 0 Å². The lowest BCUT2D eigenvalue weighted by molar-refractivity contribution is -0.136. The van der Waals surface area contributed by atoms with Crippen molar-refractivity contribution in [2.75, 3.05) is 30.0 Å². The molecule has 0 spiro atoms. The van der Waals surface area contributed by atoms with E-state index in [4.69, 9.17) is 0 Å². The molecule has 2 atom stereocenters. The van der Waals surface area contributed by atoms with Crippen molar-refractivity contribution in [2.45, 2.75) is 25.8 Å². The van der Waals surface area contributed by atoms with Gasteiger partial charge < -0.3 is 9.80 Å². The number of anilines is 1. The summed E-state index contributed by atoms with van der Waals surface area (Å²) >= 11 is 0. The molecule has 2 aliphatic rings. The van der Waals surface area contributed by atoms with Crippen LogP contribution in [0.5, 0.6) is 0 Å². The van der Waals surface area contributed by atoms with E-state index in [9.17, 15) is 18.0 Å². The number of hydrogen-bond acceptors (Lipinski definition) is 4. The summed E-state index contributed by atoms with van der Waals surface area (Å²) in [5.41, 5.74) is 1.91. The summed E-state index contributed by atoms with van der Waals surface area (Å²) in [7, 11) is -1.39. The number of sulfone groups is 1. The standard InChI is InChI=1S/C17H22N2O4S/c1-12-3-5-14(6-4-12)19-10-13(9-16(19)20)17(21)18(2)15-7-8-24(22,23)11-15/h3-6,13,15H,7-11H2,1-2H3/t13-,15-/m1/s1. The van der Waals surface area contributed by atoms with Gasteiger partial charge in [-0.25, -0.2) is 8.42 Å². The lowest BCUT2D eigenvalue weighted by atomic mass is 10.1. The first-order valence-corrected chi connectivity index (χ1v) is 9.93. The second-order valence-corrected chi connectivity index (χ2v) is 8.98. The summed E-state index contributed by atoms with van der Waals surface area (Å²) in [6.07, 6.45) is 0.656. The Labute approximate surface area is 142 Å². The minimum atomic E-state index is -3.04. The molecule has 0 aromatic heterocycles. The summed E-state index contributed by atoms with van der Waals surface area (Å²) in [4.78, 5) is 28.1. The molecule has 3 rings (SSSR count). The average molecular weight is 350 g/mol. The van der Waals surface area contributed by atoms with E-state index in [1.54, 1.807) is 11.9 Å². The van der Waals surface area contributed by atoms with E-state index in [-0.39, 0.29) is 35.8 Å². The zero-order valence-electron chi connectivity index (χ0n) is 13.9. The van der Waals surface area contributed by atoms with Crippen LogP contribution in [0.2, 0.25) is 0 Å². The molecule has 24 heavy (non-hydrogen) atoms. The number of rotatable bonds is 3. The average Bonchev–Trinajstić information content (AvgIpc) is 3.09. The van der Waals surface area contributed by atoms with Crippen molar-refractivity contribution >= 4 is 27.3 Å². The third-order valence-corrected chi connectivity index (χ3v) is 6.67. The van der Waals surface area contributed by atoms with Gasteiger partial charge in [0.05, 0.1) is 17.4 Å². The van der Waals surface area contributed by atoms with E-state index >= 15 is 0 Å². The van der Waals surface area contributed by atoms with Crippen LogP contribution in [0.1, 0.15) is 18.4 Å². The van der Waals surface area contributed by atoms with E-state index < -0.39 is 15.8 Å². The smallest absolute Gasteiger partial charge is 0.228 e. The van der Waals surface area contributed by atoms with E-state index in [2.05, 4.69) is 0 Å². The van der Waals surface area contributed by atoms with Crippen LogP contribution in [0.3, 0.4) is 0 Å². The van der Waals surface area contributed by atoms with Crippen LogP contribution >= 0.6 is 0 Å². The second-order valence-electron chi connectivity index (χ2n) is 6.75. The van der Waals surface area contributed by atoms with Crippen molar-refractivity contribution < 1.29 is 18.0 Å². The highest BCUT2D eigenvalue weighted by atomic mass is 32.2. The molecule has 6 nitrogen and oxygen atoms in total. The number of nitrogens with zero attached hydrogens (tertiary/aromatic N) is 2. The zero-order valence-corrected chi connectivity index (χ0v) is 14.8. The summed E-state index contributed by atoms with van der Waals surface area (Å²) in [6, 6.07) is 7.37. The van der Waals surface area contributed by atoms with Crippen LogP contribution in [-0.4, -0.2) is 56.3 Å². The Kier molecular flexibility index (Phi) is 4.38. The monoisotopic (exact) mass is 350 g/mol. The predicted molar refractivity (Wildman–Crippen MR) is 91.5 cm³/mol. The number of carbonyl (C=O) groups excluding carboxylic acids is 2. The topological polar surface area (TPSA) is 74.8 Å². The molecule has 0 N–H and O–H groups in total. The van der Waals surface area contributed by atoms with E-state index in [1.165, 1.54) is 4.90 Å². The van der Waals surface area contributed by atoms with Gasteiger partial charge in [0.25, 0.3) is 0 Å². The maximum Gasteiger partial charge on any atom is 0.228 e. The van der Waals surface area contributed by atoms with Gasteiger partial charge in [-0.3, -0.25) is 9.59 Å². The van der Waals surface area contributed by atoms with Gasteiger partial charge in [-0.2, -0.15) is 0 Å². The Morgan fingerprint density at radius 1 is 1.25 bits per heavy atom. The fourth-order valence-electron chi connectivity index (χ4n) is 3.40. The fraction of sp³-hybridized carbons (Fsp3) is 0.529. The number of aryl methyl sites for hydroxylation is 1. The van der Waals surface area contributed by atoms with Gasteiger partial charge in [0.15, 0.2) is 9.84 Å². The van der Waals surface area contributed by atoms with Gasteiger partial charge in [-0.05, 0) is 25.5 Å². The zero-order chi connectivity index (χ0) is 17.5. The minimum Gasteiger partial charge on any atom is -0.341 e. The van der Waals surface area contributed by atoms with Crippen molar-refractivity contribution in [1.82, 2.24) is 4.90 Å². The third-order valence-electron chi connectivity index (χ3n) is 4.92. The SMILES string of the molecule is Cc1ccc(N2C[C@H](C(=O)N(C)[C@@H]3CCS(=O)(=O)C3)CC2=O)cc1. The molecule has 2 heterocycles. The van der Waals surface area contributed by atoms with Gasteiger partial charge in [-0.1, -0.05) is 17.7 Å². The molecule has 0 unspecified atom stereocenters. The molecule has 2 aliphatic heterocycles. The molecule has 0 aliphatic carbocycles. The molecule has 0 radical (unpaired) electrons. The number of carbonyl (C=O) groups is 2. The lowest BCUT2D eigenvalue weighted by Gasteiger charge is -2.26. The van der Waals surface area contributed by atoms with Crippen LogP contribution < -0.4 is 4.90 Å². The molecule has 2 amide bonds. The van der Waals surface area contributed by atoms with Gasteiger partial charge in [-0.15, -0.1) is 0 Å². The molecule has 130 valence electrons. The van der Waals surface area contributed by atoms with Crippen molar-refractivity contribution in [2.24, 2.45) is 5.92 Å². The van der Waals surface area contributed by atoms with Crippen LogP contribution in [0.15, 0.2) is 24.3 Å². The Bertz CT molecular complexity index is 757. The van der Waals surface area contributed by atoms with Gasteiger partial charge in [0, 0.05) is 31.7 Å². The lowest BCUT2D eigenvalue weighted by Crippen LogP contribution is -2.42. The normalized spacial score (nSPS) is 25.9. The molecule has 2 saturated heterocycles. The maximum absolute atomic E-state index is 12.7. The van der Waals surface area contributed by atoms with Crippen molar-refractivity contribution in [3.05, 3.63) is 29.8 Å². The first-order chi connectivity index (χ1) is 11.3. The summed E-state index contributed by atoms with van der Waals surface area (Å²) in [5.74, 6) is -0.455. The fourth-order valence-corrected chi connectivity index (χ4v) is 5.17. The molecule has 0 bridgehead atoms. The molecular weight excluding hydrogens is 328 g/mol. The summed E-state index contributed by atoms with van der Waals surface area (Å²) in [6.45, 7) is 2.33. The number of benzene rings is 1. The van der Waals surface area contributed by atoms with Gasteiger partial charge in [0.2, 0.25) is 11.8 Å². The second kappa shape index (κ2) is 6.20. The third kappa shape index (κ3) is 3.31. The molecule has 1 aromatic rings. The van der Waals surface area contributed by atoms with Crippen LogP contribution in [-0.2, 0) is 19.4 Å². The van der Waals surface area contributed by atoms with Crippen molar-refractivity contribution in [3.8, 4) is 0 Å². The first-order valence-electron chi connectivity index (χ1n) is 8.11. The quantitative estimate of drug-likeness (QED) is 0.815. The molecular formula is C17H22N2O4S. The van der Waals surface area contributed by atoms with E-state index in [0.717, 1.165) is 11.3 Å². The minimum absolute atomic E-state index is 0.0254. The Morgan fingerprint density at radius 3 is 2.50 bits per heavy atom.